The first kappa shape index (κ1) is 12.5. The molecule has 0 heteroatoms. The number of hydrogen-bond donors (Lipinski definition) is 0. The third-order valence-electron chi connectivity index (χ3n) is 3.18. The molecule has 0 aliphatic heterocycles. The second kappa shape index (κ2) is 6.87. The molecule has 85 valence electrons. The van der Waals surface area contributed by atoms with E-state index < -0.39 is 0 Å². The highest BCUT2D eigenvalue weighted by Gasteiger charge is 2.18. The van der Waals surface area contributed by atoms with Crippen LogP contribution in [-0.4, -0.2) is 0 Å². The zero-order valence-corrected chi connectivity index (χ0v) is 10.6. The van der Waals surface area contributed by atoms with Gasteiger partial charge in [0.05, 0.1) is 0 Å². The Morgan fingerprint density at radius 3 is 2.40 bits per heavy atom. The largest absolute Gasteiger partial charge is 0.0692 e. The van der Waals surface area contributed by atoms with E-state index in [1.807, 2.05) is 0 Å². The maximum absolute atomic E-state index is 3.51. The molecular formula is C15H25. The SMILES string of the molecule is CCCCC1C=[C]C(CCC)=C1CCC. The first-order chi connectivity index (χ1) is 7.33. The normalized spacial score (nSPS) is 20.3. The predicted octanol–water partition coefficient (Wildman–Crippen LogP) is 5.06. The maximum atomic E-state index is 3.51. The van der Waals surface area contributed by atoms with Gasteiger partial charge in [0.25, 0.3) is 0 Å². The van der Waals surface area contributed by atoms with Gasteiger partial charge in [0.1, 0.15) is 0 Å². The van der Waals surface area contributed by atoms with Gasteiger partial charge in [-0.05, 0) is 36.8 Å². The van der Waals surface area contributed by atoms with Gasteiger partial charge in [-0.15, -0.1) is 0 Å². The average Bonchev–Trinajstić information content (AvgIpc) is 2.60. The van der Waals surface area contributed by atoms with Crippen molar-refractivity contribution in [3.05, 3.63) is 23.3 Å². The molecule has 1 rings (SSSR count). The highest BCUT2D eigenvalue weighted by Crippen LogP contribution is 2.33. The van der Waals surface area contributed by atoms with Crippen LogP contribution in [-0.2, 0) is 0 Å². The molecule has 0 heterocycles. The minimum Gasteiger partial charge on any atom is -0.0692 e. The van der Waals surface area contributed by atoms with E-state index in [4.69, 9.17) is 0 Å². The molecule has 1 unspecified atom stereocenters. The predicted molar refractivity (Wildman–Crippen MR) is 67.7 cm³/mol. The van der Waals surface area contributed by atoms with Crippen molar-refractivity contribution >= 4 is 0 Å². The average molecular weight is 205 g/mol. The van der Waals surface area contributed by atoms with Gasteiger partial charge in [0.2, 0.25) is 0 Å². The summed E-state index contributed by atoms with van der Waals surface area (Å²) in [6.07, 6.45) is 14.9. The molecule has 0 amide bonds. The van der Waals surface area contributed by atoms with E-state index in [2.05, 4.69) is 32.9 Å². The van der Waals surface area contributed by atoms with Crippen LogP contribution >= 0.6 is 0 Å². The van der Waals surface area contributed by atoms with Crippen LogP contribution in [0.4, 0.5) is 0 Å². The number of allylic oxidation sites excluding steroid dienone is 4. The smallest absolute Gasteiger partial charge is 0.000793 e. The van der Waals surface area contributed by atoms with E-state index in [1.165, 1.54) is 50.5 Å². The van der Waals surface area contributed by atoms with Crippen molar-refractivity contribution in [1.82, 2.24) is 0 Å². The molecule has 0 bridgehead atoms. The molecule has 0 N–H and O–H groups in total. The zero-order chi connectivity index (χ0) is 11.1. The lowest BCUT2D eigenvalue weighted by Crippen LogP contribution is -1.99. The quantitative estimate of drug-likeness (QED) is 0.545. The Balaban J connectivity index is 2.61. The van der Waals surface area contributed by atoms with E-state index >= 15 is 0 Å². The molecule has 1 radical (unpaired) electrons. The van der Waals surface area contributed by atoms with Gasteiger partial charge >= 0.3 is 0 Å². The van der Waals surface area contributed by atoms with Gasteiger partial charge in [0.15, 0.2) is 0 Å². The summed E-state index contributed by atoms with van der Waals surface area (Å²) in [6.45, 7) is 6.82. The van der Waals surface area contributed by atoms with E-state index in [0.717, 1.165) is 5.92 Å². The van der Waals surface area contributed by atoms with E-state index in [1.54, 1.807) is 5.57 Å². The van der Waals surface area contributed by atoms with Crippen molar-refractivity contribution in [3.63, 3.8) is 0 Å². The zero-order valence-electron chi connectivity index (χ0n) is 10.6. The van der Waals surface area contributed by atoms with Crippen molar-refractivity contribution in [2.24, 2.45) is 5.92 Å². The highest BCUT2D eigenvalue weighted by molar-refractivity contribution is 5.32. The summed E-state index contributed by atoms with van der Waals surface area (Å²) in [4.78, 5) is 0. The van der Waals surface area contributed by atoms with Crippen LogP contribution in [0.1, 0.15) is 65.7 Å². The fourth-order valence-corrected chi connectivity index (χ4v) is 2.39. The van der Waals surface area contributed by atoms with Gasteiger partial charge in [0, 0.05) is 0 Å². The minimum absolute atomic E-state index is 0.728. The number of unbranched alkanes of at least 4 members (excludes halogenated alkanes) is 1. The summed E-state index contributed by atoms with van der Waals surface area (Å²) in [5, 5.41) is 0. The van der Waals surface area contributed by atoms with E-state index in [-0.39, 0.29) is 0 Å². The van der Waals surface area contributed by atoms with Gasteiger partial charge < -0.3 is 0 Å². The van der Waals surface area contributed by atoms with Crippen LogP contribution in [0.15, 0.2) is 17.2 Å². The van der Waals surface area contributed by atoms with Crippen LogP contribution in [0.2, 0.25) is 0 Å². The summed E-state index contributed by atoms with van der Waals surface area (Å²) in [5.74, 6) is 0.728. The number of hydrogen-bond acceptors (Lipinski definition) is 0. The molecule has 0 aromatic heterocycles. The monoisotopic (exact) mass is 205 g/mol. The lowest BCUT2D eigenvalue weighted by atomic mass is 9.91. The van der Waals surface area contributed by atoms with Gasteiger partial charge in [-0.1, -0.05) is 58.1 Å². The maximum Gasteiger partial charge on any atom is -0.000793 e. The van der Waals surface area contributed by atoms with Gasteiger partial charge in [-0.3, -0.25) is 0 Å². The molecule has 15 heavy (non-hydrogen) atoms. The summed E-state index contributed by atoms with van der Waals surface area (Å²) < 4.78 is 0. The lowest BCUT2D eigenvalue weighted by molar-refractivity contribution is 0.598. The summed E-state index contributed by atoms with van der Waals surface area (Å²) in [7, 11) is 0. The minimum atomic E-state index is 0.728. The summed E-state index contributed by atoms with van der Waals surface area (Å²) in [5.41, 5.74) is 3.23. The lowest BCUT2D eigenvalue weighted by Gasteiger charge is -2.14. The van der Waals surface area contributed by atoms with Crippen molar-refractivity contribution in [1.29, 1.82) is 0 Å². The van der Waals surface area contributed by atoms with Crippen molar-refractivity contribution < 1.29 is 0 Å². The molecule has 0 nitrogen and oxygen atoms in total. The molecule has 1 aliphatic rings. The molecule has 0 saturated carbocycles. The molecule has 0 spiro atoms. The van der Waals surface area contributed by atoms with Crippen LogP contribution < -0.4 is 0 Å². The Kier molecular flexibility index (Phi) is 5.75. The summed E-state index contributed by atoms with van der Waals surface area (Å²) >= 11 is 0. The molecule has 0 saturated heterocycles. The van der Waals surface area contributed by atoms with Crippen molar-refractivity contribution in [2.75, 3.05) is 0 Å². The van der Waals surface area contributed by atoms with Crippen LogP contribution in [0, 0.1) is 12.0 Å². The van der Waals surface area contributed by atoms with E-state index in [0.29, 0.717) is 0 Å². The highest BCUT2D eigenvalue weighted by atomic mass is 14.2. The second-order valence-electron chi connectivity index (χ2n) is 4.56. The Morgan fingerprint density at radius 2 is 1.80 bits per heavy atom. The van der Waals surface area contributed by atoms with E-state index in [9.17, 15) is 0 Å². The Morgan fingerprint density at radius 1 is 1.07 bits per heavy atom. The van der Waals surface area contributed by atoms with Crippen LogP contribution in [0.25, 0.3) is 0 Å². The topological polar surface area (TPSA) is 0 Å². The van der Waals surface area contributed by atoms with Crippen LogP contribution in [0.5, 0.6) is 0 Å². The third kappa shape index (κ3) is 3.52. The van der Waals surface area contributed by atoms with Gasteiger partial charge in [-0.25, -0.2) is 0 Å². The summed E-state index contributed by atoms with van der Waals surface area (Å²) in [6, 6.07) is 0. The van der Waals surface area contributed by atoms with Crippen molar-refractivity contribution in [2.45, 2.75) is 65.7 Å². The molecule has 0 fully saturated rings. The Labute approximate surface area is 95.5 Å². The second-order valence-corrected chi connectivity index (χ2v) is 4.56. The van der Waals surface area contributed by atoms with Crippen LogP contribution in [0.3, 0.4) is 0 Å². The first-order valence-electron chi connectivity index (χ1n) is 6.65. The number of rotatable bonds is 7. The van der Waals surface area contributed by atoms with Gasteiger partial charge in [-0.2, -0.15) is 0 Å². The fraction of sp³-hybridized carbons (Fsp3) is 0.733. The Hall–Kier alpha value is -0.520. The molecule has 1 aliphatic carbocycles. The molecule has 1 atom stereocenters. The molecule has 0 aromatic carbocycles. The third-order valence-corrected chi connectivity index (χ3v) is 3.18. The molecular weight excluding hydrogens is 180 g/mol. The molecule has 0 aromatic rings. The Bertz CT molecular complexity index is 232. The fourth-order valence-electron chi connectivity index (χ4n) is 2.39. The first-order valence-corrected chi connectivity index (χ1v) is 6.65. The van der Waals surface area contributed by atoms with Crippen molar-refractivity contribution in [3.8, 4) is 0 Å². The standard InChI is InChI=1S/C15H25/c1-4-7-10-14-12-11-13(8-5-2)15(14)9-6-3/h12,14H,4-10H2,1-3H3.